The molecule has 2 aliphatic rings. The molecule has 0 radical (unpaired) electrons. The average Bonchev–Trinajstić information content (AvgIpc) is 3.01. The molecular formula is C16H16N2O4. The van der Waals surface area contributed by atoms with E-state index in [0.29, 0.717) is 17.7 Å². The Morgan fingerprint density at radius 1 is 1.23 bits per heavy atom. The third-order valence-corrected chi connectivity index (χ3v) is 3.98. The van der Waals surface area contributed by atoms with E-state index in [-0.39, 0.29) is 18.4 Å². The van der Waals surface area contributed by atoms with Crippen molar-refractivity contribution in [1.29, 1.82) is 0 Å². The summed E-state index contributed by atoms with van der Waals surface area (Å²) in [7, 11) is 0. The van der Waals surface area contributed by atoms with Crippen LogP contribution in [0, 0.1) is 0 Å². The van der Waals surface area contributed by atoms with Gasteiger partial charge in [0.25, 0.3) is 11.8 Å². The van der Waals surface area contributed by atoms with Crippen molar-refractivity contribution in [2.45, 2.75) is 20.0 Å². The Balaban J connectivity index is 1.75. The molecule has 114 valence electrons. The summed E-state index contributed by atoms with van der Waals surface area (Å²) in [5.74, 6) is -0.671. The Kier molecular flexibility index (Phi) is 3.44. The first-order valence-corrected chi connectivity index (χ1v) is 7.09. The molecular weight excluding hydrogens is 284 g/mol. The molecule has 3 amide bonds. The van der Waals surface area contributed by atoms with E-state index in [1.54, 1.807) is 24.3 Å². The van der Waals surface area contributed by atoms with Gasteiger partial charge in [0.1, 0.15) is 6.10 Å². The number of benzene rings is 1. The van der Waals surface area contributed by atoms with E-state index >= 15 is 0 Å². The minimum absolute atomic E-state index is 0.0750. The van der Waals surface area contributed by atoms with Crippen LogP contribution in [0.5, 0.6) is 0 Å². The summed E-state index contributed by atoms with van der Waals surface area (Å²) >= 11 is 0. The van der Waals surface area contributed by atoms with Crippen LogP contribution in [0.4, 0.5) is 4.79 Å². The van der Waals surface area contributed by atoms with Gasteiger partial charge in [0.15, 0.2) is 0 Å². The van der Waals surface area contributed by atoms with Crippen LogP contribution in [0.15, 0.2) is 36.0 Å². The largest absolute Gasteiger partial charge is 0.442 e. The van der Waals surface area contributed by atoms with Crippen molar-refractivity contribution in [2.24, 2.45) is 0 Å². The van der Waals surface area contributed by atoms with Gasteiger partial charge in [-0.05, 0) is 26.0 Å². The number of cyclic esters (lactones) is 1. The third kappa shape index (κ3) is 2.16. The van der Waals surface area contributed by atoms with Crippen molar-refractivity contribution in [1.82, 2.24) is 9.80 Å². The monoisotopic (exact) mass is 300 g/mol. The molecule has 0 aliphatic carbocycles. The highest BCUT2D eigenvalue weighted by Crippen LogP contribution is 2.25. The summed E-state index contributed by atoms with van der Waals surface area (Å²) < 4.78 is 5.25. The van der Waals surface area contributed by atoms with E-state index in [0.717, 1.165) is 10.6 Å². The van der Waals surface area contributed by atoms with Gasteiger partial charge in [-0.1, -0.05) is 18.2 Å². The first-order valence-electron chi connectivity index (χ1n) is 7.09. The molecule has 0 N–H and O–H groups in total. The average molecular weight is 300 g/mol. The summed E-state index contributed by atoms with van der Waals surface area (Å²) in [4.78, 5) is 39.0. The number of imide groups is 1. The highest BCUT2D eigenvalue weighted by molar-refractivity contribution is 6.21. The number of carbonyl (C=O) groups is 3. The Morgan fingerprint density at radius 2 is 1.82 bits per heavy atom. The molecule has 0 bridgehead atoms. The maximum atomic E-state index is 12.3. The molecule has 1 atom stereocenters. The van der Waals surface area contributed by atoms with Gasteiger partial charge in [-0.3, -0.25) is 19.4 Å². The lowest BCUT2D eigenvalue weighted by Crippen LogP contribution is -2.38. The fourth-order valence-electron chi connectivity index (χ4n) is 2.67. The fraction of sp³-hybridized carbons (Fsp3) is 0.312. The van der Waals surface area contributed by atoms with Gasteiger partial charge in [0, 0.05) is 5.70 Å². The zero-order valence-corrected chi connectivity index (χ0v) is 12.4. The molecule has 1 aromatic carbocycles. The van der Waals surface area contributed by atoms with E-state index in [9.17, 15) is 14.4 Å². The van der Waals surface area contributed by atoms with Crippen LogP contribution in [0.25, 0.3) is 0 Å². The lowest BCUT2D eigenvalue weighted by atomic mass is 10.1. The molecule has 0 saturated carbocycles. The van der Waals surface area contributed by atoms with Gasteiger partial charge < -0.3 is 4.74 Å². The molecule has 3 rings (SSSR count). The normalized spacial score (nSPS) is 21.5. The van der Waals surface area contributed by atoms with Gasteiger partial charge in [-0.2, -0.15) is 0 Å². The molecule has 6 heteroatoms. The highest BCUT2D eigenvalue weighted by Gasteiger charge is 2.40. The minimum Gasteiger partial charge on any atom is -0.442 e. The minimum atomic E-state index is -0.510. The number of nitrogens with zero attached hydrogens (tertiary/aromatic N) is 2. The Labute approximate surface area is 127 Å². The molecule has 1 fully saturated rings. The van der Waals surface area contributed by atoms with Crippen molar-refractivity contribution in [3.05, 3.63) is 47.2 Å². The van der Waals surface area contributed by atoms with Crippen molar-refractivity contribution in [3.8, 4) is 0 Å². The second-order valence-corrected chi connectivity index (χ2v) is 5.31. The second-order valence-electron chi connectivity index (χ2n) is 5.31. The van der Waals surface area contributed by atoms with Gasteiger partial charge in [-0.15, -0.1) is 0 Å². The zero-order valence-electron chi connectivity index (χ0n) is 12.4. The van der Waals surface area contributed by atoms with Crippen LogP contribution in [0.2, 0.25) is 0 Å². The van der Waals surface area contributed by atoms with Crippen molar-refractivity contribution >= 4 is 17.9 Å². The van der Waals surface area contributed by atoms with Gasteiger partial charge in [0.05, 0.1) is 24.2 Å². The van der Waals surface area contributed by atoms with Crippen molar-refractivity contribution < 1.29 is 19.1 Å². The van der Waals surface area contributed by atoms with Gasteiger partial charge in [-0.25, -0.2) is 4.79 Å². The Morgan fingerprint density at radius 3 is 2.36 bits per heavy atom. The van der Waals surface area contributed by atoms with Crippen LogP contribution in [-0.2, 0) is 4.74 Å². The molecule has 1 saturated heterocycles. The van der Waals surface area contributed by atoms with Crippen LogP contribution in [-0.4, -0.2) is 46.9 Å². The quantitative estimate of drug-likeness (QED) is 0.801. The summed E-state index contributed by atoms with van der Waals surface area (Å²) in [5.41, 5.74) is 1.59. The van der Waals surface area contributed by atoms with Crippen LogP contribution >= 0.6 is 0 Å². The lowest BCUT2D eigenvalue weighted by molar-refractivity contribution is 0.0558. The second kappa shape index (κ2) is 5.29. The predicted octanol–water partition coefficient (Wildman–Crippen LogP) is 2.03. The highest BCUT2D eigenvalue weighted by atomic mass is 16.6. The molecule has 2 heterocycles. The first kappa shape index (κ1) is 14.3. The number of allylic oxidation sites excluding steroid dienone is 2. The summed E-state index contributed by atoms with van der Waals surface area (Å²) in [6.07, 6.45) is 0.855. The summed E-state index contributed by atoms with van der Waals surface area (Å²) in [6.45, 7) is 4.06. The number of hydrogen-bond acceptors (Lipinski definition) is 4. The standard InChI is InChI=1S/C16H16N2O4/c1-3-10(2)17-8-11(22-16(17)21)9-18-14(19)12-6-4-5-7-13(12)15(18)20/h3-7,11H,8-9H2,1-2H3. The lowest BCUT2D eigenvalue weighted by Gasteiger charge is -2.17. The number of hydrogen-bond donors (Lipinski definition) is 0. The SMILES string of the molecule is CC=C(C)N1CC(CN2C(=O)c3ccccc3C2=O)OC1=O. The zero-order chi connectivity index (χ0) is 15.9. The Bertz CT molecular complexity index is 660. The topological polar surface area (TPSA) is 66.9 Å². The maximum absolute atomic E-state index is 12.3. The van der Waals surface area contributed by atoms with E-state index in [1.807, 2.05) is 19.9 Å². The molecule has 1 unspecified atom stereocenters. The fourth-order valence-corrected chi connectivity index (χ4v) is 2.67. The van der Waals surface area contributed by atoms with E-state index in [1.165, 1.54) is 4.90 Å². The van der Waals surface area contributed by atoms with Gasteiger partial charge >= 0.3 is 6.09 Å². The molecule has 6 nitrogen and oxygen atoms in total. The molecule has 1 aromatic rings. The van der Waals surface area contributed by atoms with Crippen LogP contribution in [0.1, 0.15) is 34.6 Å². The number of amides is 3. The van der Waals surface area contributed by atoms with E-state index in [4.69, 9.17) is 4.74 Å². The van der Waals surface area contributed by atoms with Crippen LogP contribution < -0.4 is 0 Å². The molecule has 22 heavy (non-hydrogen) atoms. The predicted molar refractivity (Wildman–Crippen MR) is 78.2 cm³/mol. The number of carbonyl (C=O) groups excluding carboxylic acids is 3. The van der Waals surface area contributed by atoms with Crippen molar-refractivity contribution in [2.75, 3.05) is 13.1 Å². The first-order chi connectivity index (χ1) is 10.5. The van der Waals surface area contributed by atoms with Crippen LogP contribution in [0.3, 0.4) is 0 Å². The Hall–Kier alpha value is -2.63. The third-order valence-electron chi connectivity index (χ3n) is 3.98. The van der Waals surface area contributed by atoms with E-state index in [2.05, 4.69) is 0 Å². The smallest absolute Gasteiger partial charge is 0.414 e. The maximum Gasteiger partial charge on any atom is 0.414 e. The number of fused-ring (bicyclic) bond motifs is 1. The molecule has 2 aliphatic heterocycles. The van der Waals surface area contributed by atoms with E-state index < -0.39 is 12.2 Å². The van der Waals surface area contributed by atoms with Gasteiger partial charge in [0.2, 0.25) is 0 Å². The summed E-state index contributed by atoms with van der Waals surface area (Å²) in [6, 6.07) is 6.71. The summed E-state index contributed by atoms with van der Waals surface area (Å²) in [5, 5.41) is 0. The molecule has 0 spiro atoms. The number of rotatable bonds is 3. The number of ether oxygens (including phenoxy) is 1. The van der Waals surface area contributed by atoms with Crippen molar-refractivity contribution in [3.63, 3.8) is 0 Å². The molecule has 0 aromatic heterocycles.